The molecular weight excluding hydrogens is 657 g/mol. The molecule has 0 unspecified atom stereocenters. The Kier molecular flexibility index (Phi) is 10.4. The van der Waals surface area contributed by atoms with Gasteiger partial charge in [-0.05, 0) is 66.9 Å². The van der Waals surface area contributed by atoms with Crippen LogP contribution in [-0.4, -0.2) is 43.4 Å². The van der Waals surface area contributed by atoms with Crippen molar-refractivity contribution in [1.82, 2.24) is 4.57 Å². The molecule has 50 heavy (non-hydrogen) atoms. The summed E-state index contributed by atoms with van der Waals surface area (Å²) in [4.78, 5) is 44.6. The molecule has 11 heteroatoms. The quantitative estimate of drug-likeness (QED) is 0.158. The molecule has 1 aliphatic rings. The first-order valence-corrected chi connectivity index (χ1v) is 17.0. The topological polar surface area (TPSA) is 115 Å². The Morgan fingerprint density at radius 2 is 1.66 bits per heavy atom. The van der Waals surface area contributed by atoms with Gasteiger partial charge in [0.15, 0.2) is 22.9 Å². The summed E-state index contributed by atoms with van der Waals surface area (Å²) in [5.74, 6) is 0.143. The van der Waals surface area contributed by atoms with Gasteiger partial charge >= 0.3 is 11.9 Å². The average Bonchev–Trinajstić information content (AvgIpc) is 3.43. The van der Waals surface area contributed by atoms with E-state index in [-0.39, 0.29) is 24.3 Å². The number of rotatable bonds is 12. The molecule has 0 saturated heterocycles. The van der Waals surface area contributed by atoms with Crippen molar-refractivity contribution in [3.63, 3.8) is 0 Å². The fourth-order valence-electron chi connectivity index (χ4n) is 5.83. The van der Waals surface area contributed by atoms with Crippen molar-refractivity contribution in [2.45, 2.75) is 33.4 Å². The Morgan fingerprint density at radius 1 is 0.880 bits per heavy atom. The SMILES string of the molecule is CCOC(=O)C1=C(C)N=c2s/c(=C/c3ccccc3OCc3cccc4ccccc34)c(=O)n2[C@@H]1c1ccc(OCC(=O)OC)c(OCC)c1. The van der Waals surface area contributed by atoms with E-state index in [0.29, 0.717) is 51.1 Å². The first kappa shape index (κ1) is 34.2. The first-order valence-electron chi connectivity index (χ1n) is 16.2. The summed E-state index contributed by atoms with van der Waals surface area (Å²) in [6.45, 7) is 5.75. The summed E-state index contributed by atoms with van der Waals surface area (Å²) in [7, 11) is 1.28. The van der Waals surface area contributed by atoms with Crippen LogP contribution in [0.2, 0.25) is 0 Å². The van der Waals surface area contributed by atoms with Gasteiger partial charge in [-0.1, -0.05) is 78.1 Å². The van der Waals surface area contributed by atoms with Crippen molar-refractivity contribution in [3.8, 4) is 17.2 Å². The maximum Gasteiger partial charge on any atom is 0.343 e. The minimum absolute atomic E-state index is 0.146. The second-order valence-corrected chi connectivity index (χ2v) is 12.3. The number of ether oxygens (including phenoxy) is 5. The molecule has 1 aliphatic heterocycles. The third-order valence-corrected chi connectivity index (χ3v) is 9.13. The summed E-state index contributed by atoms with van der Waals surface area (Å²) in [5, 5.41) is 2.25. The first-order chi connectivity index (χ1) is 24.3. The zero-order chi connectivity index (χ0) is 35.2. The van der Waals surface area contributed by atoms with E-state index in [1.54, 1.807) is 38.1 Å². The Bertz CT molecular complexity index is 2280. The fourth-order valence-corrected chi connectivity index (χ4v) is 6.87. The molecule has 0 bridgehead atoms. The molecule has 6 rings (SSSR count). The fraction of sp³-hybridized carbons (Fsp3) is 0.231. The van der Waals surface area contributed by atoms with Gasteiger partial charge in [-0.25, -0.2) is 14.6 Å². The van der Waals surface area contributed by atoms with Gasteiger partial charge < -0.3 is 23.7 Å². The highest BCUT2D eigenvalue weighted by molar-refractivity contribution is 7.07. The van der Waals surface area contributed by atoms with Crippen molar-refractivity contribution in [3.05, 3.63) is 133 Å². The predicted octanol–water partition coefficient (Wildman–Crippen LogP) is 5.48. The highest BCUT2D eigenvalue weighted by Crippen LogP contribution is 2.36. The molecule has 0 amide bonds. The van der Waals surface area contributed by atoms with Crippen molar-refractivity contribution < 1.29 is 33.3 Å². The molecule has 0 aliphatic carbocycles. The zero-order valence-electron chi connectivity index (χ0n) is 28.1. The molecule has 0 N–H and O–H groups in total. The second kappa shape index (κ2) is 15.3. The van der Waals surface area contributed by atoms with E-state index >= 15 is 0 Å². The number of benzene rings is 4. The standard InChI is InChI=1S/C39H36N2O8S/c1-5-46-32-20-27(18-19-31(32)49-23-34(42)45-4)36-35(38(44)47-6-2)24(3)40-39-41(36)37(43)33(50-39)21-26-13-8-10-17-30(26)48-22-28-15-11-14-25-12-7-9-16-29(25)28/h7-21,36H,5-6,22-23H2,1-4H3/b33-21+/t36-/m1/s1. The number of allylic oxidation sites excluding steroid dienone is 1. The Balaban J connectivity index is 1.42. The van der Waals surface area contributed by atoms with Gasteiger partial charge in [0.1, 0.15) is 12.4 Å². The molecule has 2 heterocycles. The van der Waals surface area contributed by atoms with E-state index in [4.69, 9.17) is 28.7 Å². The van der Waals surface area contributed by atoms with Gasteiger partial charge in [-0.15, -0.1) is 0 Å². The van der Waals surface area contributed by atoms with Crippen LogP contribution in [0.5, 0.6) is 17.2 Å². The van der Waals surface area contributed by atoms with Crippen molar-refractivity contribution in [2.24, 2.45) is 4.99 Å². The molecule has 0 fully saturated rings. The third kappa shape index (κ3) is 7.04. The summed E-state index contributed by atoms with van der Waals surface area (Å²) in [6.07, 6.45) is 1.79. The Labute approximate surface area is 292 Å². The van der Waals surface area contributed by atoms with Gasteiger partial charge in [-0.3, -0.25) is 9.36 Å². The molecule has 10 nitrogen and oxygen atoms in total. The van der Waals surface area contributed by atoms with Gasteiger partial charge in [0.05, 0.1) is 42.2 Å². The smallest absolute Gasteiger partial charge is 0.343 e. The summed E-state index contributed by atoms with van der Waals surface area (Å²) < 4.78 is 29.9. The normalized spacial score (nSPS) is 14.2. The lowest BCUT2D eigenvalue weighted by molar-refractivity contribution is -0.143. The van der Waals surface area contributed by atoms with Crippen LogP contribution in [0.25, 0.3) is 16.8 Å². The number of esters is 2. The maximum absolute atomic E-state index is 14.3. The zero-order valence-corrected chi connectivity index (χ0v) is 29.0. The van der Waals surface area contributed by atoms with E-state index in [9.17, 15) is 14.4 Å². The lowest BCUT2D eigenvalue weighted by atomic mass is 9.95. The van der Waals surface area contributed by atoms with Crippen molar-refractivity contribution in [2.75, 3.05) is 26.9 Å². The molecule has 0 radical (unpaired) electrons. The van der Waals surface area contributed by atoms with Crippen LogP contribution >= 0.6 is 11.3 Å². The molecule has 1 aromatic heterocycles. The molecule has 256 valence electrons. The number of aromatic nitrogens is 1. The second-order valence-electron chi connectivity index (χ2n) is 11.3. The molecule has 5 aromatic rings. The Morgan fingerprint density at radius 3 is 2.46 bits per heavy atom. The molecule has 4 aromatic carbocycles. The summed E-state index contributed by atoms with van der Waals surface area (Å²) >= 11 is 1.22. The highest BCUT2D eigenvalue weighted by Gasteiger charge is 2.34. The number of thiazole rings is 1. The van der Waals surface area contributed by atoms with Crippen molar-refractivity contribution in [1.29, 1.82) is 0 Å². The number of carbonyl (C=O) groups is 2. The Hall–Kier alpha value is -5.68. The molecule has 1 atom stereocenters. The third-order valence-electron chi connectivity index (χ3n) is 8.14. The molecule has 0 spiro atoms. The van der Waals surface area contributed by atoms with E-state index in [1.807, 2.05) is 55.5 Å². The van der Waals surface area contributed by atoms with Crippen LogP contribution in [0.15, 0.2) is 106 Å². The van der Waals surface area contributed by atoms with Crippen LogP contribution in [0.4, 0.5) is 0 Å². The largest absolute Gasteiger partial charge is 0.490 e. The number of fused-ring (bicyclic) bond motifs is 2. The van der Waals surface area contributed by atoms with Crippen molar-refractivity contribution >= 4 is 40.1 Å². The van der Waals surface area contributed by atoms with E-state index in [2.05, 4.69) is 18.2 Å². The monoisotopic (exact) mass is 692 g/mol. The number of hydrogen-bond donors (Lipinski definition) is 0. The van der Waals surface area contributed by atoms with Gasteiger partial charge in [0, 0.05) is 5.56 Å². The highest BCUT2D eigenvalue weighted by atomic mass is 32.1. The van der Waals surface area contributed by atoms with Crippen LogP contribution in [0, 0.1) is 0 Å². The van der Waals surface area contributed by atoms with Gasteiger partial charge in [0.25, 0.3) is 5.56 Å². The minimum Gasteiger partial charge on any atom is -0.490 e. The number of carbonyl (C=O) groups excluding carboxylic acids is 2. The lowest BCUT2D eigenvalue weighted by Gasteiger charge is -2.25. The molecular formula is C39H36N2O8S. The van der Waals surface area contributed by atoms with Gasteiger partial charge in [0.2, 0.25) is 0 Å². The van der Waals surface area contributed by atoms with E-state index in [0.717, 1.165) is 21.9 Å². The number of para-hydroxylation sites is 1. The average molecular weight is 693 g/mol. The predicted molar refractivity (Wildman–Crippen MR) is 190 cm³/mol. The minimum atomic E-state index is -0.876. The van der Waals surface area contributed by atoms with E-state index in [1.165, 1.54) is 23.0 Å². The van der Waals surface area contributed by atoms with Crippen LogP contribution < -0.4 is 29.1 Å². The summed E-state index contributed by atoms with van der Waals surface area (Å²) in [6, 6.07) is 26.0. The number of methoxy groups -OCH3 is 1. The van der Waals surface area contributed by atoms with Crippen LogP contribution in [0.3, 0.4) is 0 Å². The van der Waals surface area contributed by atoms with E-state index < -0.39 is 18.0 Å². The van der Waals surface area contributed by atoms with Crippen LogP contribution in [0.1, 0.15) is 43.5 Å². The molecule has 0 saturated carbocycles. The lowest BCUT2D eigenvalue weighted by Crippen LogP contribution is -2.40. The number of nitrogens with zero attached hydrogens (tertiary/aromatic N) is 2. The number of hydrogen-bond acceptors (Lipinski definition) is 10. The maximum atomic E-state index is 14.3. The van der Waals surface area contributed by atoms with Crippen LogP contribution in [-0.2, 0) is 25.7 Å². The van der Waals surface area contributed by atoms with Gasteiger partial charge in [-0.2, -0.15) is 0 Å². The summed E-state index contributed by atoms with van der Waals surface area (Å²) in [5.41, 5.74) is 2.68.